The minimum Gasteiger partial charge on any atom is -0.486 e. The summed E-state index contributed by atoms with van der Waals surface area (Å²) in [5, 5.41) is 9.96. The predicted octanol–water partition coefficient (Wildman–Crippen LogP) is 4.63. The van der Waals surface area contributed by atoms with Gasteiger partial charge in [-0.1, -0.05) is 29.3 Å². The molecular formula is C14H9Cl2IN2O. The summed E-state index contributed by atoms with van der Waals surface area (Å²) < 4.78 is 6.47. The summed E-state index contributed by atoms with van der Waals surface area (Å²) in [7, 11) is 0. The monoisotopic (exact) mass is 418 g/mol. The molecule has 102 valence electrons. The lowest BCUT2D eigenvalue weighted by Gasteiger charge is -2.13. The van der Waals surface area contributed by atoms with Gasteiger partial charge in [0, 0.05) is 15.6 Å². The summed E-state index contributed by atoms with van der Waals surface area (Å²) in [5.74, 6) is 0.528. The van der Waals surface area contributed by atoms with E-state index in [1.165, 1.54) is 0 Å². The Bertz CT molecular complexity index is 655. The molecule has 0 fully saturated rings. The lowest BCUT2D eigenvalue weighted by atomic mass is 10.2. The van der Waals surface area contributed by atoms with Crippen molar-refractivity contribution in [2.24, 2.45) is 0 Å². The SMILES string of the molecule is N#Cc1cc(N)c(OCc2c(Cl)cccc2Cl)c(I)c1. The largest absolute Gasteiger partial charge is 0.486 e. The van der Waals surface area contributed by atoms with Crippen LogP contribution in [0.3, 0.4) is 0 Å². The van der Waals surface area contributed by atoms with Crippen LogP contribution < -0.4 is 10.5 Å². The topological polar surface area (TPSA) is 59.0 Å². The van der Waals surface area contributed by atoms with Crippen LogP contribution in [0.5, 0.6) is 5.75 Å². The zero-order valence-corrected chi connectivity index (χ0v) is 13.8. The number of rotatable bonds is 3. The van der Waals surface area contributed by atoms with Gasteiger partial charge in [-0.15, -0.1) is 0 Å². The van der Waals surface area contributed by atoms with Gasteiger partial charge in [-0.2, -0.15) is 5.26 Å². The maximum absolute atomic E-state index is 8.87. The van der Waals surface area contributed by atoms with Crippen LogP contribution in [0.1, 0.15) is 11.1 Å². The number of ether oxygens (including phenoxy) is 1. The van der Waals surface area contributed by atoms with Gasteiger partial charge in [0.05, 0.1) is 20.9 Å². The van der Waals surface area contributed by atoms with Crippen molar-refractivity contribution in [1.82, 2.24) is 0 Å². The van der Waals surface area contributed by atoms with Crippen LogP contribution in [0.4, 0.5) is 5.69 Å². The Hall–Kier alpha value is -1.16. The highest BCUT2D eigenvalue weighted by atomic mass is 127. The summed E-state index contributed by atoms with van der Waals surface area (Å²) in [6.45, 7) is 0.213. The van der Waals surface area contributed by atoms with Gasteiger partial charge in [0.1, 0.15) is 6.61 Å². The summed E-state index contributed by atoms with van der Waals surface area (Å²) in [5.41, 5.74) is 7.50. The first-order chi connectivity index (χ1) is 9.52. The lowest BCUT2D eigenvalue weighted by molar-refractivity contribution is 0.306. The van der Waals surface area contributed by atoms with Gasteiger partial charge in [-0.25, -0.2) is 0 Å². The van der Waals surface area contributed by atoms with Crippen molar-refractivity contribution in [3.63, 3.8) is 0 Å². The zero-order valence-electron chi connectivity index (χ0n) is 10.2. The lowest BCUT2D eigenvalue weighted by Crippen LogP contribution is -2.02. The highest BCUT2D eigenvalue weighted by Crippen LogP contribution is 2.32. The Kier molecular flexibility index (Phi) is 4.97. The van der Waals surface area contributed by atoms with Crippen molar-refractivity contribution in [2.45, 2.75) is 6.61 Å². The number of nitrogens with two attached hydrogens (primary N) is 1. The molecule has 0 bridgehead atoms. The number of hydrogen-bond acceptors (Lipinski definition) is 3. The van der Waals surface area contributed by atoms with Crippen molar-refractivity contribution >= 4 is 51.5 Å². The van der Waals surface area contributed by atoms with Gasteiger partial charge in [-0.3, -0.25) is 0 Å². The molecule has 0 aliphatic carbocycles. The van der Waals surface area contributed by atoms with E-state index in [-0.39, 0.29) is 6.61 Å². The van der Waals surface area contributed by atoms with Crippen molar-refractivity contribution in [3.8, 4) is 11.8 Å². The third-order valence-corrected chi connectivity index (χ3v) is 4.13. The van der Waals surface area contributed by atoms with Crippen molar-refractivity contribution in [3.05, 3.63) is 55.1 Å². The third-order valence-electron chi connectivity index (χ3n) is 2.62. The molecule has 2 rings (SSSR count). The van der Waals surface area contributed by atoms with E-state index in [4.69, 9.17) is 38.9 Å². The van der Waals surface area contributed by atoms with Crippen LogP contribution in [0.25, 0.3) is 0 Å². The Morgan fingerprint density at radius 1 is 1.25 bits per heavy atom. The average Bonchev–Trinajstić information content (AvgIpc) is 2.40. The van der Waals surface area contributed by atoms with Crippen molar-refractivity contribution in [1.29, 1.82) is 5.26 Å². The first-order valence-corrected chi connectivity index (χ1v) is 7.41. The fraction of sp³-hybridized carbons (Fsp3) is 0.0714. The molecule has 0 aromatic heterocycles. The van der Waals surface area contributed by atoms with Gasteiger partial charge in [0.25, 0.3) is 0 Å². The van der Waals surface area contributed by atoms with Gasteiger partial charge in [-0.05, 0) is 46.9 Å². The summed E-state index contributed by atoms with van der Waals surface area (Å²) in [4.78, 5) is 0. The molecule has 0 unspecified atom stereocenters. The van der Waals surface area contributed by atoms with Gasteiger partial charge < -0.3 is 10.5 Å². The normalized spacial score (nSPS) is 10.1. The smallest absolute Gasteiger partial charge is 0.156 e. The highest BCUT2D eigenvalue weighted by molar-refractivity contribution is 14.1. The summed E-state index contributed by atoms with van der Waals surface area (Å²) in [6, 6.07) is 10.6. The molecule has 0 heterocycles. The van der Waals surface area contributed by atoms with Crippen LogP contribution in [0.15, 0.2) is 30.3 Å². The van der Waals surface area contributed by atoms with Crippen molar-refractivity contribution < 1.29 is 4.74 Å². The van der Waals surface area contributed by atoms with Gasteiger partial charge in [0.15, 0.2) is 5.75 Å². The van der Waals surface area contributed by atoms with E-state index in [0.717, 1.165) is 3.57 Å². The highest BCUT2D eigenvalue weighted by Gasteiger charge is 2.11. The Morgan fingerprint density at radius 2 is 1.90 bits per heavy atom. The standard InChI is InChI=1S/C14H9Cl2IN2O/c15-10-2-1-3-11(16)9(10)7-20-14-12(17)4-8(6-18)5-13(14)19/h1-5H,7,19H2. The van der Waals surface area contributed by atoms with E-state index in [1.54, 1.807) is 30.3 Å². The number of nitriles is 1. The van der Waals surface area contributed by atoms with Gasteiger partial charge in [0.2, 0.25) is 0 Å². The second-order valence-electron chi connectivity index (χ2n) is 3.98. The first kappa shape index (κ1) is 15.2. The second kappa shape index (κ2) is 6.53. The van der Waals surface area contributed by atoms with E-state index in [2.05, 4.69) is 22.6 Å². The molecule has 6 heteroatoms. The molecule has 0 aliphatic heterocycles. The molecule has 0 aliphatic rings. The number of halogens is 3. The fourth-order valence-electron chi connectivity index (χ4n) is 1.65. The minimum atomic E-state index is 0.213. The second-order valence-corrected chi connectivity index (χ2v) is 5.95. The molecule has 0 atom stereocenters. The van der Waals surface area contributed by atoms with Crippen molar-refractivity contribution in [2.75, 3.05) is 5.73 Å². The van der Waals surface area contributed by atoms with E-state index in [9.17, 15) is 0 Å². The van der Waals surface area contributed by atoms with Gasteiger partial charge >= 0.3 is 0 Å². The summed E-state index contributed by atoms with van der Waals surface area (Å²) >= 11 is 14.2. The molecule has 0 spiro atoms. The Morgan fingerprint density at radius 3 is 2.45 bits per heavy atom. The first-order valence-electron chi connectivity index (χ1n) is 5.57. The van der Waals surface area contributed by atoms with E-state index in [1.807, 2.05) is 6.07 Å². The molecule has 20 heavy (non-hydrogen) atoms. The molecule has 2 aromatic rings. The minimum absolute atomic E-state index is 0.213. The molecule has 3 nitrogen and oxygen atoms in total. The molecule has 0 saturated heterocycles. The quantitative estimate of drug-likeness (QED) is 0.583. The van der Waals surface area contributed by atoms with Crippen LogP contribution in [-0.2, 0) is 6.61 Å². The Labute approximate surface area is 140 Å². The van der Waals surface area contributed by atoms with Crippen LogP contribution in [-0.4, -0.2) is 0 Å². The average molecular weight is 419 g/mol. The number of benzene rings is 2. The molecular weight excluding hydrogens is 410 g/mol. The number of nitrogens with zero attached hydrogens (tertiary/aromatic N) is 1. The molecule has 2 aromatic carbocycles. The van der Waals surface area contributed by atoms with E-state index in [0.29, 0.717) is 32.6 Å². The predicted molar refractivity (Wildman–Crippen MR) is 89.1 cm³/mol. The number of nitrogen functional groups attached to an aromatic ring is 1. The van der Waals surface area contributed by atoms with Crippen LogP contribution >= 0.6 is 45.8 Å². The van der Waals surface area contributed by atoms with Crippen LogP contribution in [0, 0.1) is 14.9 Å². The fourth-order valence-corrected chi connectivity index (χ4v) is 2.96. The van der Waals surface area contributed by atoms with E-state index >= 15 is 0 Å². The summed E-state index contributed by atoms with van der Waals surface area (Å²) in [6.07, 6.45) is 0. The molecule has 2 N–H and O–H groups in total. The third kappa shape index (κ3) is 3.29. The number of hydrogen-bond donors (Lipinski definition) is 1. The molecule has 0 amide bonds. The molecule has 0 radical (unpaired) electrons. The maximum atomic E-state index is 8.87. The number of anilines is 1. The molecule has 0 saturated carbocycles. The maximum Gasteiger partial charge on any atom is 0.156 e. The van der Waals surface area contributed by atoms with Crippen LogP contribution in [0.2, 0.25) is 10.0 Å². The zero-order chi connectivity index (χ0) is 14.7. The van der Waals surface area contributed by atoms with E-state index < -0.39 is 0 Å². The Balaban J connectivity index is 2.26.